The molecular weight excluding hydrogens is 420 g/mol. The van der Waals surface area contributed by atoms with Crippen molar-refractivity contribution in [3.63, 3.8) is 0 Å². The molecule has 0 atom stereocenters. The lowest BCUT2D eigenvalue weighted by Crippen LogP contribution is -2.47. The molecule has 0 saturated carbocycles. The molecule has 1 aromatic heterocycles. The summed E-state index contributed by atoms with van der Waals surface area (Å²) in [6.07, 6.45) is 0. The van der Waals surface area contributed by atoms with Crippen molar-refractivity contribution in [2.24, 2.45) is 0 Å². The first kappa shape index (κ1) is 22.4. The molecule has 0 bridgehead atoms. The molecule has 0 aliphatic carbocycles. The van der Waals surface area contributed by atoms with Crippen LogP contribution >= 0.6 is 0 Å². The zero-order valence-electron chi connectivity index (χ0n) is 20.4. The summed E-state index contributed by atoms with van der Waals surface area (Å²) in [7, 11) is 3.89. The maximum absolute atomic E-state index is 5.57. The van der Waals surface area contributed by atoms with Gasteiger partial charge in [-0.1, -0.05) is 60.2 Å². The third kappa shape index (κ3) is 4.37. The number of likely N-dealkylation sites (N-methyl/N-ethyl adjacent to an activating group) is 1. The number of ether oxygens (including phenoxy) is 1. The topological polar surface area (TPSA) is 40.6 Å². The molecule has 2 heterocycles. The molecule has 5 rings (SSSR count). The number of nitrogens with one attached hydrogen (secondary N) is 1. The predicted molar refractivity (Wildman–Crippen MR) is 141 cm³/mol. The van der Waals surface area contributed by atoms with Crippen LogP contribution in [0.25, 0.3) is 33.2 Å². The van der Waals surface area contributed by atoms with Crippen LogP contribution in [0.15, 0.2) is 66.7 Å². The zero-order chi connectivity index (χ0) is 23.7. The summed E-state index contributed by atoms with van der Waals surface area (Å²) in [6.45, 7) is 8.30. The molecule has 3 aromatic carbocycles. The Labute approximate surface area is 202 Å². The van der Waals surface area contributed by atoms with E-state index in [9.17, 15) is 0 Å². The van der Waals surface area contributed by atoms with Crippen molar-refractivity contribution in [1.29, 1.82) is 0 Å². The monoisotopic (exact) mass is 452 g/mol. The van der Waals surface area contributed by atoms with E-state index >= 15 is 0 Å². The fraction of sp³-hybridized carbons (Fsp3) is 0.276. The van der Waals surface area contributed by atoms with E-state index in [1.54, 1.807) is 7.11 Å². The summed E-state index contributed by atoms with van der Waals surface area (Å²) in [5.41, 5.74) is 10.5. The van der Waals surface area contributed by atoms with Crippen molar-refractivity contribution in [2.45, 2.75) is 13.8 Å². The second kappa shape index (κ2) is 9.45. The van der Waals surface area contributed by atoms with Crippen LogP contribution in [-0.4, -0.2) is 55.2 Å². The van der Waals surface area contributed by atoms with Gasteiger partial charge in [-0.05, 0) is 49.5 Å². The minimum Gasteiger partial charge on any atom is -0.497 e. The van der Waals surface area contributed by atoms with Crippen LogP contribution in [0, 0.1) is 13.8 Å². The number of hydrogen-bond donors (Lipinski definition) is 1. The van der Waals surface area contributed by atoms with Crippen LogP contribution in [0.1, 0.15) is 11.1 Å². The van der Waals surface area contributed by atoms with Crippen LogP contribution in [-0.2, 0) is 0 Å². The third-order valence-electron chi connectivity index (χ3n) is 6.69. The van der Waals surface area contributed by atoms with Gasteiger partial charge in [-0.15, -0.1) is 0 Å². The fourth-order valence-corrected chi connectivity index (χ4v) is 4.68. The van der Waals surface area contributed by atoms with Gasteiger partial charge in [0.15, 0.2) is 0 Å². The van der Waals surface area contributed by atoms with Crippen molar-refractivity contribution >= 4 is 16.6 Å². The highest BCUT2D eigenvalue weighted by molar-refractivity contribution is 6.07. The highest BCUT2D eigenvalue weighted by atomic mass is 16.5. The van der Waals surface area contributed by atoms with Gasteiger partial charge >= 0.3 is 0 Å². The first-order valence-electron chi connectivity index (χ1n) is 11.9. The fourth-order valence-electron chi connectivity index (χ4n) is 4.68. The number of hydrogen-bond acceptors (Lipinski definition) is 5. The Morgan fingerprint density at radius 2 is 1.65 bits per heavy atom. The maximum atomic E-state index is 5.57. The number of piperazine rings is 1. The van der Waals surface area contributed by atoms with Gasteiger partial charge in [0.05, 0.1) is 12.8 Å². The number of aryl methyl sites for hydroxylation is 2. The SMILES string of the molecule is COc1cccc(-c2c(-c3ccccc3C)nc(NN3CCN(C)CC3)c3ccc(C)cc23)c1. The molecule has 5 heteroatoms. The van der Waals surface area contributed by atoms with Gasteiger partial charge in [-0.25, -0.2) is 9.99 Å². The lowest BCUT2D eigenvalue weighted by atomic mass is 9.91. The van der Waals surface area contributed by atoms with E-state index in [1.165, 1.54) is 16.5 Å². The molecule has 5 nitrogen and oxygen atoms in total. The van der Waals surface area contributed by atoms with Gasteiger partial charge in [-0.2, -0.15) is 0 Å². The second-order valence-electron chi connectivity index (χ2n) is 9.18. The van der Waals surface area contributed by atoms with Crippen LogP contribution in [0.2, 0.25) is 0 Å². The molecule has 0 amide bonds. The second-order valence-corrected chi connectivity index (χ2v) is 9.18. The summed E-state index contributed by atoms with van der Waals surface area (Å²) < 4.78 is 5.57. The summed E-state index contributed by atoms with van der Waals surface area (Å²) >= 11 is 0. The van der Waals surface area contributed by atoms with Gasteiger partial charge < -0.3 is 15.1 Å². The van der Waals surface area contributed by atoms with Crippen molar-refractivity contribution in [3.05, 3.63) is 77.9 Å². The Morgan fingerprint density at radius 3 is 2.41 bits per heavy atom. The van der Waals surface area contributed by atoms with Gasteiger partial charge in [0.2, 0.25) is 0 Å². The van der Waals surface area contributed by atoms with Crippen LogP contribution in [0.3, 0.4) is 0 Å². The average molecular weight is 453 g/mol. The number of benzene rings is 3. The molecule has 1 saturated heterocycles. The number of hydrazine groups is 1. The molecule has 1 aliphatic heterocycles. The number of fused-ring (bicyclic) bond motifs is 1. The molecule has 0 spiro atoms. The number of nitrogens with zero attached hydrogens (tertiary/aromatic N) is 3. The van der Waals surface area contributed by atoms with E-state index < -0.39 is 0 Å². The predicted octanol–water partition coefficient (Wildman–Crippen LogP) is 5.77. The third-order valence-corrected chi connectivity index (χ3v) is 6.69. The number of aromatic nitrogens is 1. The molecule has 0 radical (unpaired) electrons. The first-order chi connectivity index (χ1) is 16.5. The Hall–Kier alpha value is -3.41. The maximum Gasteiger partial charge on any atom is 0.149 e. The Balaban J connectivity index is 1.77. The van der Waals surface area contributed by atoms with Gasteiger partial charge in [-0.3, -0.25) is 0 Å². The zero-order valence-corrected chi connectivity index (χ0v) is 20.4. The van der Waals surface area contributed by atoms with E-state index in [0.717, 1.165) is 65.5 Å². The molecule has 1 fully saturated rings. The smallest absolute Gasteiger partial charge is 0.149 e. The first-order valence-corrected chi connectivity index (χ1v) is 11.9. The van der Waals surface area contributed by atoms with E-state index in [0.29, 0.717) is 0 Å². The van der Waals surface area contributed by atoms with E-state index in [-0.39, 0.29) is 0 Å². The highest BCUT2D eigenvalue weighted by Gasteiger charge is 2.21. The standard InChI is InChI=1S/C29H32N4O/c1-20-12-13-25-26(18-20)27(22-9-7-10-23(19-22)34-4)28(24-11-6-5-8-21(24)2)30-29(25)31-33-16-14-32(3)15-17-33/h5-13,18-19H,14-17H2,1-4H3,(H,30,31). The molecule has 1 N–H and O–H groups in total. The van der Waals surface area contributed by atoms with Crippen molar-refractivity contribution in [1.82, 2.24) is 14.9 Å². The van der Waals surface area contributed by atoms with Crippen molar-refractivity contribution in [3.8, 4) is 28.1 Å². The lowest BCUT2D eigenvalue weighted by molar-refractivity contribution is 0.179. The van der Waals surface area contributed by atoms with Crippen molar-refractivity contribution < 1.29 is 4.74 Å². The molecule has 0 unspecified atom stereocenters. The van der Waals surface area contributed by atoms with Crippen LogP contribution < -0.4 is 10.2 Å². The van der Waals surface area contributed by atoms with Gasteiger partial charge in [0.1, 0.15) is 11.6 Å². The Morgan fingerprint density at radius 1 is 0.853 bits per heavy atom. The number of methoxy groups -OCH3 is 1. The molecular formula is C29H32N4O. The molecule has 34 heavy (non-hydrogen) atoms. The molecule has 1 aliphatic rings. The Kier molecular flexibility index (Phi) is 6.22. The quantitative estimate of drug-likeness (QED) is 0.416. The van der Waals surface area contributed by atoms with Crippen LogP contribution in [0.5, 0.6) is 5.75 Å². The number of anilines is 1. The van der Waals surface area contributed by atoms with Gasteiger partial charge in [0.25, 0.3) is 0 Å². The van der Waals surface area contributed by atoms with E-state index in [4.69, 9.17) is 9.72 Å². The lowest BCUT2D eigenvalue weighted by Gasteiger charge is -2.33. The normalized spacial score (nSPS) is 14.9. The largest absolute Gasteiger partial charge is 0.497 e. The summed E-state index contributed by atoms with van der Waals surface area (Å²) in [5.74, 6) is 1.75. The van der Waals surface area contributed by atoms with Gasteiger partial charge in [0, 0.05) is 42.7 Å². The molecule has 4 aromatic rings. The highest BCUT2D eigenvalue weighted by Crippen LogP contribution is 2.41. The van der Waals surface area contributed by atoms with Crippen molar-refractivity contribution in [2.75, 3.05) is 45.8 Å². The minimum absolute atomic E-state index is 0.841. The van der Waals surface area contributed by atoms with E-state index in [2.05, 4.69) is 90.8 Å². The number of pyridine rings is 1. The van der Waals surface area contributed by atoms with E-state index in [1.807, 2.05) is 12.1 Å². The van der Waals surface area contributed by atoms with Crippen LogP contribution in [0.4, 0.5) is 5.82 Å². The summed E-state index contributed by atoms with van der Waals surface area (Å²) in [4.78, 5) is 7.66. The minimum atomic E-state index is 0.841. The average Bonchev–Trinajstić information content (AvgIpc) is 2.85. The summed E-state index contributed by atoms with van der Waals surface area (Å²) in [6, 6.07) is 23.4. The molecule has 174 valence electrons. The summed E-state index contributed by atoms with van der Waals surface area (Å²) in [5, 5.41) is 4.60. The Bertz CT molecular complexity index is 1330. The number of rotatable bonds is 5.